The number of rotatable bonds is 7. The van der Waals surface area contributed by atoms with Crippen LogP contribution in [-0.4, -0.2) is 49.2 Å². The summed E-state index contributed by atoms with van der Waals surface area (Å²) in [5, 5.41) is 16.7. The molecule has 0 spiro atoms. The molecule has 0 saturated carbocycles. The first-order chi connectivity index (χ1) is 12.2. The van der Waals surface area contributed by atoms with Crippen molar-refractivity contribution in [2.75, 3.05) is 25.0 Å². The first-order valence-electron chi connectivity index (χ1n) is 8.53. The summed E-state index contributed by atoms with van der Waals surface area (Å²) in [5.41, 5.74) is -0.271. The average molecular weight is 384 g/mol. The minimum atomic E-state index is -3.76. The molecule has 0 radical (unpaired) electrons. The minimum absolute atomic E-state index is 0.0450. The van der Waals surface area contributed by atoms with Gasteiger partial charge in [-0.25, -0.2) is 8.42 Å². The summed E-state index contributed by atoms with van der Waals surface area (Å²) >= 11 is 0. The van der Waals surface area contributed by atoms with Crippen LogP contribution in [0, 0.1) is 10.1 Å². The summed E-state index contributed by atoms with van der Waals surface area (Å²) < 4.78 is 26.7. The van der Waals surface area contributed by atoms with Gasteiger partial charge in [-0.3, -0.25) is 14.9 Å². The van der Waals surface area contributed by atoms with Crippen LogP contribution in [0.25, 0.3) is 0 Å². The van der Waals surface area contributed by atoms with Gasteiger partial charge in [0.25, 0.3) is 5.69 Å². The highest BCUT2D eigenvalue weighted by atomic mass is 32.2. The number of hydrogen-bond acceptors (Lipinski definition) is 6. The topological polar surface area (TPSA) is 122 Å². The minimum Gasteiger partial charge on any atom is -0.371 e. The Morgan fingerprint density at radius 2 is 1.92 bits per heavy atom. The standard InChI is InChI=1S/C16H24N4O5S/c1-12(2)18-16(21)11-17-14-7-6-13(10-15(14)20(22)23)26(24,25)19-8-4-3-5-9-19/h6-7,10,12,17H,3-5,8-9,11H2,1-2H3,(H,18,21). The molecule has 2 rings (SSSR count). The highest BCUT2D eigenvalue weighted by Crippen LogP contribution is 2.29. The van der Waals surface area contributed by atoms with E-state index in [-0.39, 0.29) is 34.8 Å². The third kappa shape index (κ3) is 4.92. The molecule has 0 aromatic heterocycles. The Hall–Kier alpha value is -2.20. The molecule has 0 atom stereocenters. The fourth-order valence-electron chi connectivity index (χ4n) is 2.78. The third-order valence-electron chi connectivity index (χ3n) is 4.01. The van der Waals surface area contributed by atoms with Gasteiger partial charge in [0.1, 0.15) is 5.69 Å². The van der Waals surface area contributed by atoms with Gasteiger partial charge in [-0.1, -0.05) is 6.42 Å². The van der Waals surface area contributed by atoms with E-state index in [1.807, 2.05) is 0 Å². The molecule has 9 nitrogen and oxygen atoms in total. The van der Waals surface area contributed by atoms with Crippen LogP contribution in [0.5, 0.6) is 0 Å². The van der Waals surface area contributed by atoms with Gasteiger partial charge in [0, 0.05) is 25.2 Å². The van der Waals surface area contributed by atoms with Crippen LogP contribution in [0.4, 0.5) is 11.4 Å². The van der Waals surface area contributed by atoms with Gasteiger partial charge in [-0.15, -0.1) is 0 Å². The molecule has 1 aromatic carbocycles. The molecule has 0 unspecified atom stereocenters. The van der Waals surface area contributed by atoms with E-state index < -0.39 is 14.9 Å². The van der Waals surface area contributed by atoms with Gasteiger partial charge >= 0.3 is 0 Å². The average Bonchev–Trinajstić information content (AvgIpc) is 2.59. The van der Waals surface area contributed by atoms with Crippen LogP contribution in [0.3, 0.4) is 0 Å². The van der Waals surface area contributed by atoms with Crippen LogP contribution >= 0.6 is 0 Å². The molecule has 0 bridgehead atoms. The molecule has 10 heteroatoms. The maximum Gasteiger partial charge on any atom is 0.293 e. The number of carbonyl (C=O) groups excluding carboxylic acids is 1. The zero-order valence-electron chi connectivity index (χ0n) is 14.9. The van der Waals surface area contributed by atoms with E-state index in [4.69, 9.17) is 0 Å². The number of piperidine rings is 1. The summed E-state index contributed by atoms with van der Waals surface area (Å²) in [6.45, 7) is 4.31. The van der Waals surface area contributed by atoms with Gasteiger partial charge in [0.15, 0.2) is 0 Å². The van der Waals surface area contributed by atoms with E-state index in [0.717, 1.165) is 25.3 Å². The molecule has 1 aliphatic rings. The fourth-order valence-corrected chi connectivity index (χ4v) is 4.31. The predicted molar refractivity (Wildman–Crippen MR) is 97.5 cm³/mol. The van der Waals surface area contributed by atoms with Crippen LogP contribution in [0.15, 0.2) is 23.1 Å². The van der Waals surface area contributed by atoms with Crippen LogP contribution in [0.1, 0.15) is 33.1 Å². The summed E-state index contributed by atoms with van der Waals surface area (Å²) in [4.78, 5) is 22.3. The van der Waals surface area contributed by atoms with E-state index in [1.54, 1.807) is 13.8 Å². The molecule has 2 N–H and O–H groups in total. The van der Waals surface area contributed by atoms with Crippen molar-refractivity contribution in [1.82, 2.24) is 9.62 Å². The number of nitro groups is 1. The Morgan fingerprint density at radius 3 is 2.50 bits per heavy atom. The second kappa shape index (κ2) is 8.45. The molecule has 1 fully saturated rings. The van der Waals surface area contributed by atoms with Gasteiger partial charge in [0.05, 0.1) is 16.4 Å². The third-order valence-corrected chi connectivity index (χ3v) is 5.90. The van der Waals surface area contributed by atoms with E-state index in [2.05, 4.69) is 10.6 Å². The first-order valence-corrected chi connectivity index (χ1v) is 9.97. The van der Waals surface area contributed by atoms with Gasteiger partial charge in [-0.2, -0.15) is 4.31 Å². The Balaban J connectivity index is 2.22. The zero-order chi connectivity index (χ0) is 19.3. The molecule has 1 aliphatic heterocycles. The highest BCUT2D eigenvalue weighted by Gasteiger charge is 2.28. The molecule has 1 amide bonds. The van der Waals surface area contributed by atoms with Crippen molar-refractivity contribution in [3.8, 4) is 0 Å². The second-order valence-corrected chi connectivity index (χ2v) is 8.41. The van der Waals surface area contributed by atoms with E-state index in [9.17, 15) is 23.3 Å². The van der Waals surface area contributed by atoms with Crippen molar-refractivity contribution < 1.29 is 18.1 Å². The lowest BCUT2D eigenvalue weighted by atomic mass is 10.2. The quantitative estimate of drug-likeness (QED) is 0.545. The summed E-state index contributed by atoms with van der Waals surface area (Å²) in [6.07, 6.45) is 2.55. The Kier molecular flexibility index (Phi) is 6.54. The van der Waals surface area contributed by atoms with Gasteiger partial charge in [-0.05, 0) is 38.8 Å². The van der Waals surface area contributed by atoms with Crippen molar-refractivity contribution in [2.24, 2.45) is 0 Å². The smallest absolute Gasteiger partial charge is 0.293 e. The molecule has 0 aliphatic carbocycles. The Labute approximate surface area is 153 Å². The molecule has 1 saturated heterocycles. The molecular weight excluding hydrogens is 360 g/mol. The number of nitrogens with one attached hydrogen (secondary N) is 2. The molecule has 1 heterocycles. The zero-order valence-corrected chi connectivity index (χ0v) is 15.7. The number of benzene rings is 1. The van der Waals surface area contributed by atoms with Crippen molar-refractivity contribution in [1.29, 1.82) is 0 Å². The summed E-state index contributed by atoms with van der Waals surface area (Å²) in [7, 11) is -3.76. The van der Waals surface area contributed by atoms with Crippen molar-refractivity contribution >= 4 is 27.3 Å². The van der Waals surface area contributed by atoms with Crippen molar-refractivity contribution in [3.05, 3.63) is 28.3 Å². The SMILES string of the molecule is CC(C)NC(=O)CNc1ccc(S(=O)(=O)N2CCCCC2)cc1[N+](=O)[O-]. The molecule has 144 valence electrons. The Morgan fingerprint density at radius 1 is 1.27 bits per heavy atom. The van der Waals surface area contributed by atoms with Crippen LogP contribution in [-0.2, 0) is 14.8 Å². The largest absolute Gasteiger partial charge is 0.371 e. The van der Waals surface area contributed by atoms with E-state index >= 15 is 0 Å². The van der Waals surface area contributed by atoms with Crippen molar-refractivity contribution in [3.63, 3.8) is 0 Å². The molecule has 1 aromatic rings. The normalized spacial score (nSPS) is 15.7. The lowest BCUT2D eigenvalue weighted by Crippen LogP contribution is -2.35. The number of carbonyl (C=O) groups is 1. The molecular formula is C16H24N4O5S. The number of nitrogens with zero attached hydrogens (tertiary/aromatic N) is 2. The first kappa shape index (κ1) is 20.1. The highest BCUT2D eigenvalue weighted by molar-refractivity contribution is 7.89. The predicted octanol–water partition coefficient (Wildman–Crippen LogP) is 1.71. The lowest BCUT2D eigenvalue weighted by molar-refractivity contribution is -0.384. The number of hydrogen-bond donors (Lipinski definition) is 2. The number of anilines is 1. The fraction of sp³-hybridized carbons (Fsp3) is 0.562. The van der Waals surface area contributed by atoms with Crippen LogP contribution in [0.2, 0.25) is 0 Å². The number of sulfonamides is 1. The van der Waals surface area contributed by atoms with E-state index in [1.165, 1.54) is 16.4 Å². The van der Waals surface area contributed by atoms with E-state index in [0.29, 0.717) is 13.1 Å². The summed E-state index contributed by atoms with van der Waals surface area (Å²) in [6, 6.07) is 3.67. The monoisotopic (exact) mass is 384 g/mol. The lowest BCUT2D eigenvalue weighted by Gasteiger charge is -2.25. The Bertz CT molecular complexity index is 773. The van der Waals surface area contributed by atoms with Gasteiger partial charge in [0.2, 0.25) is 15.9 Å². The number of amides is 1. The summed E-state index contributed by atoms with van der Waals surface area (Å²) in [5.74, 6) is -0.306. The van der Waals surface area contributed by atoms with Crippen molar-refractivity contribution in [2.45, 2.75) is 44.0 Å². The van der Waals surface area contributed by atoms with Gasteiger partial charge < -0.3 is 10.6 Å². The van der Waals surface area contributed by atoms with Crippen LogP contribution < -0.4 is 10.6 Å². The molecule has 26 heavy (non-hydrogen) atoms. The number of nitro benzene ring substituents is 1. The maximum absolute atomic E-state index is 12.7. The second-order valence-electron chi connectivity index (χ2n) is 6.48. The maximum atomic E-state index is 12.7.